The Morgan fingerprint density at radius 1 is 0.327 bits per heavy atom. The summed E-state index contributed by atoms with van der Waals surface area (Å²) < 4.78 is 8.83. The Morgan fingerprint density at radius 2 is 0.846 bits per heavy atom. The molecule has 0 spiro atoms. The summed E-state index contributed by atoms with van der Waals surface area (Å²) >= 11 is 0. The van der Waals surface area contributed by atoms with Crippen molar-refractivity contribution in [3.8, 4) is 39.1 Å². The Kier molecular flexibility index (Phi) is 6.28. The Morgan fingerprint density at radius 3 is 1.54 bits per heavy atom. The monoisotopic (exact) mass is 661 g/mol. The first-order valence-corrected chi connectivity index (χ1v) is 17.9. The van der Waals surface area contributed by atoms with E-state index in [2.05, 4.69) is 180 Å². The van der Waals surface area contributed by atoms with Crippen molar-refractivity contribution >= 4 is 65.3 Å². The topological polar surface area (TPSA) is 18.1 Å². The summed E-state index contributed by atoms with van der Waals surface area (Å²) in [6, 6.07) is 67.9. The summed E-state index contributed by atoms with van der Waals surface area (Å²) in [6.07, 6.45) is 0. The van der Waals surface area contributed by atoms with Crippen LogP contribution in [0.2, 0.25) is 0 Å². The van der Waals surface area contributed by atoms with E-state index in [9.17, 15) is 0 Å². The van der Waals surface area contributed by atoms with Gasteiger partial charge in [0, 0.05) is 32.8 Å². The van der Waals surface area contributed by atoms with Gasteiger partial charge in [0.05, 0.1) is 11.0 Å². The van der Waals surface area contributed by atoms with Crippen LogP contribution in [0.25, 0.3) is 104 Å². The maximum atomic E-state index is 6.44. The van der Waals surface area contributed by atoms with E-state index in [-0.39, 0.29) is 0 Å². The maximum Gasteiger partial charge on any atom is 0.143 e. The number of para-hydroxylation sites is 3. The van der Waals surface area contributed by atoms with Crippen molar-refractivity contribution in [3.63, 3.8) is 0 Å². The van der Waals surface area contributed by atoms with E-state index in [1.54, 1.807) is 0 Å². The minimum Gasteiger partial charge on any atom is -0.455 e. The molecular weight excluding hydrogens is 631 g/mol. The van der Waals surface area contributed by atoms with Crippen molar-refractivity contribution in [3.05, 3.63) is 188 Å². The minimum atomic E-state index is 0.916. The quantitative estimate of drug-likeness (QED) is 0.172. The standard InChI is InChI=1S/C50H31NO/c1-2-13-32(14-3-1)48-39-17-4-6-19-41(39)49(42-20-7-5-18-40(42)48)33-25-28-35(29-26-33)51-45-23-10-8-15-37(45)44-31-34(27-30-46(44)51)36-21-12-22-43-38-16-9-11-24-47(38)52-50(36)43/h1-31H. The number of nitrogens with zero attached hydrogens (tertiary/aromatic N) is 1. The lowest BCUT2D eigenvalue weighted by molar-refractivity contribution is 0.670. The van der Waals surface area contributed by atoms with Crippen LogP contribution in [0, 0.1) is 0 Å². The van der Waals surface area contributed by atoms with Crippen molar-refractivity contribution < 1.29 is 4.42 Å². The van der Waals surface area contributed by atoms with Crippen LogP contribution in [0.3, 0.4) is 0 Å². The van der Waals surface area contributed by atoms with Gasteiger partial charge < -0.3 is 8.98 Å². The molecule has 0 N–H and O–H groups in total. The second-order valence-electron chi connectivity index (χ2n) is 13.6. The summed E-state index contributed by atoms with van der Waals surface area (Å²) in [7, 11) is 0. The summed E-state index contributed by atoms with van der Waals surface area (Å²) in [5.41, 5.74) is 12.6. The highest BCUT2D eigenvalue weighted by Crippen LogP contribution is 2.44. The molecule has 52 heavy (non-hydrogen) atoms. The van der Waals surface area contributed by atoms with Crippen LogP contribution in [-0.4, -0.2) is 4.57 Å². The van der Waals surface area contributed by atoms with Gasteiger partial charge in [0.1, 0.15) is 11.2 Å². The van der Waals surface area contributed by atoms with Gasteiger partial charge in [-0.3, -0.25) is 0 Å². The Bertz CT molecular complexity index is 3110. The predicted molar refractivity (Wildman–Crippen MR) is 219 cm³/mol. The van der Waals surface area contributed by atoms with Crippen LogP contribution in [-0.2, 0) is 0 Å². The first-order chi connectivity index (χ1) is 25.8. The van der Waals surface area contributed by atoms with Crippen LogP contribution in [0.1, 0.15) is 0 Å². The SMILES string of the molecule is c1ccc(-c2c3ccccc3c(-c3ccc(-n4c5ccccc5c5cc(-c6cccc7c6oc6ccccc67)ccc54)cc3)c3ccccc23)cc1. The van der Waals surface area contributed by atoms with Gasteiger partial charge in [-0.15, -0.1) is 0 Å². The average Bonchev–Trinajstić information content (AvgIpc) is 3.76. The molecule has 2 heteroatoms. The molecule has 0 unspecified atom stereocenters. The molecule has 2 heterocycles. The third kappa shape index (κ3) is 4.25. The first-order valence-electron chi connectivity index (χ1n) is 17.9. The number of aromatic nitrogens is 1. The largest absolute Gasteiger partial charge is 0.455 e. The molecule has 11 rings (SSSR count). The van der Waals surface area contributed by atoms with Gasteiger partial charge in [-0.05, 0) is 85.8 Å². The lowest BCUT2D eigenvalue weighted by atomic mass is 9.86. The van der Waals surface area contributed by atoms with Gasteiger partial charge in [0.15, 0.2) is 0 Å². The van der Waals surface area contributed by atoms with Crippen molar-refractivity contribution in [1.29, 1.82) is 0 Å². The summed E-state index contributed by atoms with van der Waals surface area (Å²) in [5, 5.41) is 9.80. The zero-order valence-corrected chi connectivity index (χ0v) is 28.3. The van der Waals surface area contributed by atoms with Gasteiger partial charge in [-0.1, -0.05) is 152 Å². The summed E-state index contributed by atoms with van der Waals surface area (Å²) in [5.74, 6) is 0. The van der Waals surface area contributed by atoms with E-state index < -0.39 is 0 Å². The maximum absolute atomic E-state index is 6.44. The Labute approximate surface area is 300 Å². The van der Waals surface area contributed by atoms with Crippen LogP contribution >= 0.6 is 0 Å². The lowest BCUT2D eigenvalue weighted by Crippen LogP contribution is -1.94. The van der Waals surface area contributed by atoms with Crippen molar-refractivity contribution in [2.45, 2.75) is 0 Å². The second-order valence-corrected chi connectivity index (χ2v) is 13.6. The van der Waals surface area contributed by atoms with Crippen LogP contribution in [0.15, 0.2) is 192 Å². The van der Waals surface area contributed by atoms with E-state index in [0.717, 1.165) is 38.8 Å². The van der Waals surface area contributed by atoms with Crippen molar-refractivity contribution in [2.24, 2.45) is 0 Å². The van der Waals surface area contributed by atoms with Gasteiger partial charge in [0.25, 0.3) is 0 Å². The fourth-order valence-electron chi connectivity index (χ4n) is 8.53. The zero-order valence-electron chi connectivity index (χ0n) is 28.3. The number of hydrogen-bond donors (Lipinski definition) is 0. The Hall–Kier alpha value is -6.90. The number of benzene rings is 9. The number of rotatable bonds is 4. The fraction of sp³-hybridized carbons (Fsp3) is 0. The summed E-state index contributed by atoms with van der Waals surface area (Å²) in [6.45, 7) is 0. The minimum absolute atomic E-state index is 0.916. The predicted octanol–water partition coefficient (Wildman–Crippen LogP) is 14.0. The molecular formula is C50H31NO. The van der Waals surface area contributed by atoms with Gasteiger partial charge >= 0.3 is 0 Å². The normalized spacial score (nSPS) is 11.8. The molecule has 0 amide bonds. The van der Waals surface area contributed by atoms with Crippen molar-refractivity contribution in [2.75, 3.05) is 0 Å². The molecule has 0 aliphatic carbocycles. The third-order valence-corrected chi connectivity index (χ3v) is 10.8. The molecule has 2 nitrogen and oxygen atoms in total. The van der Waals surface area contributed by atoms with E-state index in [0.29, 0.717) is 0 Å². The average molecular weight is 662 g/mol. The number of furan rings is 1. The van der Waals surface area contributed by atoms with Gasteiger partial charge in [0.2, 0.25) is 0 Å². The van der Waals surface area contributed by atoms with Gasteiger partial charge in [-0.25, -0.2) is 0 Å². The molecule has 0 radical (unpaired) electrons. The molecule has 0 atom stereocenters. The third-order valence-electron chi connectivity index (χ3n) is 10.8. The van der Waals surface area contributed by atoms with E-state index in [1.807, 2.05) is 12.1 Å². The van der Waals surface area contributed by atoms with E-state index in [4.69, 9.17) is 4.42 Å². The number of fused-ring (bicyclic) bond motifs is 8. The van der Waals surface area contributed by atoms with Gasteiger partial charge in [-0.2, -0.15) is 0 Å². The summed E-state index contributed by atoms with van der Waals surface area (Å²) in [4.78, 5) is 0. The van der Waals surface area contributed by atoms with E-state index >= 15 is 0 Å². The Balaban J connectivity index is 1.08. The molecule has 11 aromatic rings. The molecule has 242 valence electrons. The highest BCUT2D eigenvalue weighted by molar-refractivity contribution is 6.21. The highest BCUT2D eigenvalue weighted by atomic mass is 16.3. The van der Waals surface area contributed by atoms with E-state index in [1.165, 1.54) is 65.6 Å². The number of hydrogen-bond acceptors (Lipinski definition) is 1. The molecule has 0 saturated carbocycles. The van der Waals surface area contributed by atoms with Crippen molar-refractivity contribution in [1.82, 2.24) is 4.57 Å². The molecule has 0 bridgehead atoms. The van der Waals surface area contributed by atoms with Crippen LogP contribution in [0.5, 0.6) is 0 Å². The molecule has 0 saturated heterocycles. The van der Waals surface area contributed by atoms with Crippen LogP contribution in [0.4, 0.5) is 0 Å². The molecule has 0 aliphatic rings. The molecule has 2 aromatic heterocycles. The van der Waals surface area contributed by atoms with Crippen LogP contribution < -0.4 is 0 Å². The molecule has 0 aliphatic heterocycles. The molecule has 9 aromatic carbocycles. The fourth-order valence-corrected chi connectivity index (χ4v) is 8.53. The smallest absolute Gasteiger partial charge is 0.143 e. The highest BCUT2D eigenvalue weighted by Gasteiger charge is 2.19. The first kappa shape index (κ1) is 28.9. The molecule has 0 fully saturated rings. The second kappa shape index (κ2) is 11.3. The lowest BCUT2D eigenvalue weighted by Gasteiger charge is -2.18. The zero-order chi connectivity index (χ0) is 34.2.